The zero-order valence-electron chi connectivity index (χ0n) is 12.0. The molecule has 3 nitrogen and oxygen atoms in total. The molecule has 6 heteroatoms. The predicted molar refractivity (Wildman–Crippen MR) is 85.5 cm³/mol. The van der Waals surface area contributed by atoms with Crippen LogP contribution in [0.5, 0.6) is 0 Å². The number of carbonyl (C=O) groups excluding carboxylic acids is 1. The molecule has 0 aromatic heterocycles. The Labute approximate surface area is 132 Å². The molecule has 0 fully saturated rings. The van der Waals surface area contributed by atoms with Gasteiger partial charge in [-0.2, -0.15) is 8.78 Å². The second-order valence-electron chi connectivity index (χ2n) is 4.53. The standard InChI is InChI=1S/C16H16F2N2OS/c1-19-13-6-2-11(3-7-13)10-20-15(21)12-4-8-14(9-5-12)22-16(17)18/h2-9,16,19H,10H2,1H3,(H,20,21). The number of hydrogen-bond donors (Lipinski definition) is 2. The van der Waals surface area contributed by atoms with Crippen LogP contribution in [0.1, 0.15) is 15.9 Å². The van der Waals surface area contributed by atoms with Crippen LogP contribution in [0, 0.1) is 0 Å². The van der Waals surface area contributed by atoms with E-state index in [0.717, 1.165) is 11.3 Å². The Morgan fingerprint density at radius 2 is 1.73 bits per heavy atom. The van der Waals surface area contributed by atoms with Crippen LogP contribution in [0.15, 0.2) is 53.4 Å². The maximum Gasteiger partial charge on any atom is 0.288 e. The minimum atomic E-state index is -2.46. The highest BCUT2D eigenvalue weighted by Crippen LogP contribution is 2.25. The summed E-state index contributed by atoms with van der Waals surface area (Å²) in [5.74, 6) is -2.69. The van der Waals surface area contributed by atoms with Gasteiger partial charge in [0.2, 0.25) is 0 Å². The van der Waals surface area contributed by atoms with Gasteiger partial charge in [-0.05, 0) is 42.0 Å². The van der Waals surface area contributed by atoms with Gasteiger partial charge in [0.15, 0.2) is 0 Å². The lowest BCUT2D eigenvalue weighted by atomic mass is 10.2. The first-order valence-corrected chi connectivity index (χ1v) is 7.56. The van der Waals surface area contributed by atoms with Gasteiger partial charge in [0, 0.05) is 29.7 Å². The average Bonchev–Trinajstić information content (AvgIpc) is 2.53. The Morgan fingerprint density at radius 1 is 1.09 bits per heavy atom. The van der Waals surface area contributed by atoms with Crippen molar-refractivity contribution in [3.05, 3.63) is 59.7 Å². The van der Waals surface area contributed by atoms with Crippen molar-refractivity contribution in [1.82, 2.24) is 5.32 Å². The number of alkyl halides is 2. The highest BCUT2D eigenvalue weighted by molar-refractivity contribution is 7.99. The van der Waals surface area contributed by atoms with Crippen molar-refractivity contribution in [2.24, 2.45) is 0 Å². The molecule has 2 N–H and O–H groups in total. The second kappa shape index (κ2) is 7.79. The van der Waals surface area contributed by atoms with Gasteiger partial charge in [-0.3, -0.25) is 4.79 Å². The average molecular weight is 322 g/mol. The van der Waals surface area contributed by atoms with Gasteiger partial charge in [0.25, 0.3) is 11.7 Å². The van der Waals surface area contributed by atoms with Gasteiger partial charge in [0.05, 0.1) is 0 Å². The quantitative estimate of drug-likeness (QED) is 0.791. The minimum absolute atomic E-state index is 0.230. The van der Waals surface area contributed by atoms with E-state index in [1.165, 1.54) is 12.1 Å². The number of halogens is 2. The second-order valence-corrected chi connectivity index (χ2v) is 5.60. The molecule has 0 bridgehead atoms. The Kier molecular flexibility index (Phi) is 5.77. The van der Waals surface area contributed by atoms with Crippen LogP contribution in [0.2, 0.25) is 0 Å². The van der Waals surface area contributed by atoms with E-state index >= 15 is 0 Å². The zero-order valence-corrected chi connectivity index (χ0v) is 12.8. The van der Waals surface area contributed by atoms with Crippen LogP contribution in [0.4, 0.5) is 14.5 Å². The third-order valence-electron chi connectivity index (χ3n) is 3.04. The first-order chi connectivity index (χ1) is 10.6. The van der Waals surface area contributed by atoms with E-state index in [0.29, 0.717) is 28.8 Å². The summed E-state index contributed by atoms with van der Waals surface area (Å²) < 4.78 is 24.4. The molecule has 0 aliphatic rings. The molecule has 0 aliphatic carbocycles. The Bertz CT molecular complexity index is 615. The highest BCUT2D eigenvalue weighted by atomic mass is 32.2. The first kappa shape index (κ1) is 16.3. The molecular weight excluding hydrogens is 306 g/mol. The van der Waals surface area contributed by atoms with Gasteiger partial charge in [-0.1, -0.05) is 23.9 Å². The van der Waals surface area contributed by atoms with E-state index in [2.05, 4.69) is 10.6 Å². The van der Waals surface area contributed by atoms with Gasteiger partial charge >= 0.3 is 0 Å². The van der Waals surface area contributed by atoms with E-state index in [-0.39, 0.29) is 5.91 Å². The van der Waals surface area contributed by atoms with Crippen LogP contribution in [0.3, 0.4) is 0 Å². The lowest BCUT2D eigenvalue weighted by Gasteiger charge is -2.07. The van der Waals surface area contributed by atoms with Crippen LogP contribution in [-0.2, 0) is 6.54 Å². The first-order valence-electron chi connectivity index (χ1n) is 6.68. The molecule has 0 aliphatic heterocycles. The monoisotopic (exact) mass is 322 g/mol. The topological polar surface area (TPSA) is 41.1 Å². The minimum Gasteiger partial charge on any atom is -0.388 e. The van der Waals surface area contributed by atoms with Crippen LogP contribution >= 0.6 is 11.8 Å². The van der Waals surface area contributed by atoms with Crippen molar-refractivity contribution in [2.45, 2.75) is 17.2 Å². The number of amides is 1. The van der Waals surface area contributed by atoms with Crippen molar-refractivity contribution in [1.29, 1.82) is 0 Å². The maximum atomic E-state index is 12.2. The number of nitrogens with one attached hydrogen (secondary N) is 2. The van der Waals surface area contributed by atoms with E-state index in [4.69, 9.17) is 0 Å². The Morgan fingerprint density at radius 3 is 2.27 bits per heavy atom. The van der Waals surface area contributed by atoms with E-state index in [1.54, 1.807) is 12.1 Å². The number of rotatable bonds is 6. The normalized spacial score (nSPS) is 10.5. The van der Waals surface area contributed by atoms with Gasteiger partial charge in [0.1, 0.15) is 0 Å². The molecule has 2 aromatic carbocycles. The number of hydrogen-bond acceptors (Lipinski definition) is 3. The molecule has 0 unspecified atom stereocenters. The number of anilines is 1. The van der Waals surface area contributed by atoms with Crippen molar-refractivity contribution in [3.63, 3.8) is 0 Å². The summed E-state index contributed by atoms with van der Waals surface area (Å²) in [5, 5.41) is 5.82. The van der Waals surface area contributed by atoms with E-state index in [9.17, 15) is 13.6 Å². The lowest BCUT2D eigenvalue weighted by Crippen LogP contribution is -2.22. The van der Waals surface area contributed by atoms with E-state index < -0.39 is 5.76 Å². The van der Waals surface area contributed by atoms with Crippen LogP contribution < -0.4 is 10.6 Å². The van der Waals surface area contributed by atoms with Crippen molar-refractivity contribution in [3.8, 4) is 0 Å². The molecule has 0 radical (unpaired) electrons. The van der Waals surface area contributed by atoms with Crippen molar-refractivity contribution in [2.75, 3.05) is 12.4 Å². The van der Waals surface area contributed by atoms with Crippen molar-refractivity contribution < 1.29 is 13.6 Å². The third-order valence-corrected chi connectivity index (χ3v) is 3.76. The lowest BCUT2D eigenvalue weighted by molar-refractivity contribution is 0.0951. The molecule has 2 aromatic rings. The fraction of sp³-hybridized carbons (Fsp3) is 0.188. The SMILES string of the molecule is CNc1ccc(CNC(=O)c2ccc(SC(F)F)cc2)cc1. The number of thioether (sulfide) groups is 1. The van der Waals surface area contributed by atoms with Gasteiger partial charge < -0.3 is 10.6 Å². The summed E-state index contributed by atoms with van der Waals surface area (Å²) in [5.41, 5.74) is 2.44. The molecule has 22 heavy (non-hydrogen) atoms. The number of benzene rings is 2. The smallest absolute Gasteiger partial charge is 0.288 e. The largest absolute Gasteiger partial charge is 0.388 e. The van der Waals surface area contributed by atoms with Crippen LogP contribution in [0.25, 0.3) is 0 Å². The molecule has 0 atom stereocenters. The molecule has 1 amide bonds. The molecule has 0 heterocycles. The summed E-state index contributed by atoms with van der Waals surface area (Å²) in [7, 11) is 1.84. The maximum absolute atomic E-state index is 12.2. The molecule has 0 saturated carbocycles. The summed E-state index contributed by atoms with van der Waals surface area (Å²) in [6.45, 7) is 0.413. The molecular formula is C16H16F2N2OS. The molecule has 0 spiro atoms. The van der Waals surface area contributed by atoms with Crippen LogP contribution in [-0.4, -0.2) is 18.7 Å². The summed E-state index contributed by atoms with van der Waals surface area (Å²) in [6, 6.07) is 13.8. The van der Waals surface area contributed by atoms with Gasteiger partial charge in [-0.15, -0.1) is 0 Å². The molecule has 116 valence electrons. The van der Waals surface area contributed by atoms with Gasteiger partial charge in [-0.25, -0.2) is 0 Å². The summed E-state index contributed by atoms with van der Waals surface area (Å²) in [6.07, 6.45) is 0. The highest BCUT2D eigenvalue weighted by Gasteiger charge is 2.08. The Balaban J connectivity index is 1.91. The van der Waals surface area contributed by atoms with E-state index in [1.807, 2.05) is 31.3 Å². The number of carbonyl (C=O) groups is 1. The molecule has 0 saturated heterocycles. The zero-order chi connectivity index (χ0) is 15.9. The van der Waals surface area contributed by atoms with Crippen molar-refractivity contribution >= 4 is 23.4 Å². The predicted octanol–water partition coefficient (Wildman–Crippen LogP) is 3.97. The fourth-order valence-corrected chi connectivity index (χ4v) is 2.36. The summed E-state index contributed by atoms with van der Waals surface area (Å²) in [4.78, 5) is 12.4. The Hall–Kier alpha value is -2.08. The molecule has 2 rings (SSSR count). The fourth-order valence-electron chi connectivity index (χ4n) is 1.86. The summed E-state index contributed by atoms with van der Waals surface area (Å²) >= 11 is 0.462. The third kappa shape index (κ3) is 4.73.